The number of benzene rings is 2. The minimum Gasteiger partial charge on any atom is -0.507 e. The van der Waals surface area contributed by atoms with E-state index in [9.17, 15) is 14.7 Å². The fourth-order valence-corrected chi connectivity index (χ4v) is 4.68. The van der Waals surface area contributed by atoms with Gasteiger partial charge in [-0.3, -0.25) is 19.5 Å². The lowest BCUT2D eigenvalue weighted by atomic mass is 9.96. The van der Waals surface area contributed by atoms with Gasteiger partial charge in [-0.05, 0) is 56.2 Å². The quantitative estimate of drug-likeness (QED) is 0.201. The first-order valence-corrected chi connectivity index (χ1v) is 12.3. The summed E-state index contributed by atoms with van der Waals surface area (Å²) in [6.45, 7) is 5.70. The summed E-state index contributed by atoms with van der Waals surface area (Å²) in [4.78, 5) is 40.1. The van der Waals surface area contributed by atoms with Crippen LogP contribution >= 0.6 is 0 Å². The lowest BCUT2D eigenvalue weighted by molar-refractivity contribution is -0.132. The Morgan fingerprint density at radius 3 is 2.44 bits per heavy atom. The SMILES string of the molecule is COc1cc2nc(N3C(=O)C(=O)/C(=C(/O)c4ccc(OC(C)C)c(C)c4)C3c3cccnc3)[nH]c2cc1OC. The molecule has 10 nitrogen and oxygen atoms in total. The van der Waals surface area contributed by atoms with E-state index in [1.807, 2.05) is 20.8 Å². The first kappa shape index (κ1) is 25.8. The van der Waals surface area contributed by atoms with Gasteiger partial charge in [0.25, 0.3) is 5.78 Å². The number of hydrogen-bond acceptors (Lipinski definition) is 8. The van der Waals surface area contributed by atoms with Crippen molar-refractivity contribution in [1.29, 1.82) is 0 Å². The normalized spacial score (nSPS) is 16.8. The Balaban J connectivity index is 1.67. The van der Waals surface area contributed by atoms with Crippen LogP contribution in [0.5, 0.6) is 17.2 Å². The number of fused-ring (bicyclic) bond motifs is 1. The van der Waals surface area contributed by atoms with E-state index in [1.165, 1.54) is 19.1 Å². The standard InChI is InChI=1S/C29H28N4O6/c1-15(2)39-21-9-8-17(11-16(21)3)26(34)24-25(18-7-6-10-30-14-18)33(28(36)27(24)35)29-31-19-12-22(37-4)23(38-5)13-20(19)32-29/h6-15,25,34H,1-5H3,(H,31,32)/b26-24+. The summed E-state index contributed by atoms with van der Waals surface area (Å²) in [6.07, 6.45) is 3.12. The van der Waals surface area contributed by atoms with Crippen LogP contribution in [-0.2, 0) is 9.59 Å². The topological polar surface area (TPSA) is 127 Å². The summed E-state index contributed by atoms with van der Waals surface area (Å²) in [5, 5.41) is 11.4. The zero-order chi connectivity index (χ0) is 27.8. The zero-order valence-corrected chi connectivity index (χ0v) is 22.2. The maximum Gasteiger partial charge on any atom is 0.302 e. The number of ether oxygens (including phenoxy) is 3. The van der Waals surface area contributed by atoms with Crippen molar-refractivity contribution in [2.75, 3.05) is 19.1 Å². The zero-order valence-electron chi connectivity index (χ0n) is 22.2. The molecule has 1 fully saturated rings. The number of aliphatic hydroxyl groups is 1. The first-order valence-electron chi connectivity index (χ1n) is 12.3. The molecule has 1 atom stereocenters. The van der Waals surface area contributed by atoms with Crippen LogP contribution in [-0.4, -0.2) is 52.1 Å². The molecule has 200 valence electrons. The molecule has 10 heteroatoms. The molecule has 2 aromatic carbocycles. The first-order chi connectivity index (χ1) is 18.7. The Morgan fingerprint density at radius 2 is 1.79 bits per heavy atom. The third kappa shape index (κ3) is 4.54. The Bertz CT molecular complexity index is 1570. The van der Waals surface area contributed by atoms with Crippen LogP contribution in [0.25, 0.3) is 16.8 Å². The number of H-pyrrole nitrogens is 1. The molecule has 0 spiro atoms. The maximum absolute atomic E-state index is 13.5. The number of nitrogens with one attached hydrogen (secondary N) is 1. The van der Waals surface area contributed by atoms with Gasteiger partial charge in [-0.2, -0.15) is 0 Å². The number of aromatic amines is 1. The third-order valence-electron chi connectivity index (χ3n) is 6.46. The highest BCUT2D eigenvalue weighted by molar-refractivity contribution is 6.51. The fourth-order valence-electron chi connectivity index (χ4n) is 4.68. The van der Waals surface area contributed by atoms with Crippen molar-refractivity contribution in [2.45, 2.75) is 32.9 Å². The summed E-state index contributed by atoms with van der Waals surface area (Å²) in [7, 11) is 3.03. The Kier molecular flexibility index (Phi) is 6.69. The van der Waals surface area contributed by atoms with Crippen LogP contribution in [0.2, 0.25) is 0 Å². The molecule has 0 radical (unpaired) electrons. The molecule has 1 aliphatic heterocycles. The summed E-state index contributed by atoms with van der Waals surface area (Å²) in [5.41, 5.74) is 2.71. The predicted octanol–water partition coefficient (Wildman–Crippen LogP) is 4.70. The molecule has 39 heavy (non-hydrogen) atoms. The Morgan fingerprint density at radius 1 is 1.05 bits per heavy atom. The van der Waals surface area contributed by atoms with Gasteiger partial charge >= 0.3 is 5.91 Å². The molecule has 1 amide bonds. The van der Waals surface area contributed by atoms with Gasteiger partial charge in [0.15, 0.2) is 11.5 Å². The number of anilines is 1. The van der Waals surface area contributed by atoms with Gasteiger partial charge in [0.2, 0.25) is 5.95 Å². The number of rotatable bonds is 7. The average Bonchev–Trinajstić information content (AvgIpc) is 3.46. The van der Waals surface area contributed by atoms with Gasteiger partial charge in [-0.1, -0.05) is 6.07 Å². The number of pyridine rings is 1. The monoisotopic (exact) mass is 528 g/mol. The smallest absolute Gasteiger partial charge is 0.302 e. The number of ketones is 1. The molecule has 4 aromatic rings. The Hall–Kier alpha value is -4.86. The van der Waals surface area contributed by atoms with E-state index >= 15 is 0 Å². The number of aryl methyl sites for hydroxylation is 1. The van der Waals surface area contributed by atoms with E-state index in [2.05, 4.69) is 15.0 Å². The molecule has 0 aliphatic carbocycles. The Labute approximate surface area is 224 Å². The van der Waals surface area contributed by atoms with Crippen molar-refractivity contribution >= 4 is 34.4 Å². The van der Waals surface area contributed by atoms with Crippen LogP contribution in [0, 0.1) is 6.92 Å². The number of imidazole rings is 1. The summed E-state index contributed by atoms with van der Waals surface area (Å²) >= 11 is 0. The van der Waals surface area contributed by atoms with Crippen molar-refractivity contribution in [2.24, 2.45) is 0 Å². The van der Waals surface area contributed by atoms with Crippen molar-refractivity contribution in [3.63, 3.8) is 0 Å². The summed E-state index contributed by atoms with van der Waals surface area (Å²) in [6, 6.07) is 11.0. The molecule has 5 rings (SSSR count). The molecule has 1 unspecified atom stereocenters. The van der Waals surface area contributed by atoms with Crippen LogP contribution in [0.1, 0.15) is 36.6 Å². The van der Waals surface area contributed by atoms with E-state index in [1.54, 1.807) is 54.9 Å². The lowest BCUT2D eigenvalue weighted by Crippen LogP contribution is -2.30. The third-order valence-corrected chi connectivity index (χ3v) is 6.46. The molecule has 3 heterocycles. The van der Waals surface area contributed by atoms with Gasteiger partial charge in [0, 0.05) is 30.1 Å². The van der Waals surface area contributed by atoms with Crippen molar-refractivity contribution in [3.8, 4) is 17.2 Å². The lowest BCUT2D eigenvalue weighted by Gasteiger charge is -2.22. The molecular formula is C29H28N4O6. The number of hydrogen-bond donors (Lipinski definition) is 2. The number of methoxy groups -OCH3 is 2. The number of nitrogens with zero attached hydrogens (tertiary/aromatic N) is 3. The maximum atomic E-state index is 13.5. The van der Waals surface area contributed by atoms with Gasteiger partial charge in [0.05, 0.1) is 43.0 Å². The minimum absolute atomic E-state index is 0.0252. The van der Waals surface area contributed by atoms with Gasteiger partial charge in [0.1, 0.15) is 11.5 Å². The second-order valence-electron chi connectivity index (χ2n) is 9.39. The van der Waals surface area contributed by atoms with Gasteiger partial charge < -0.3 is 24.3 Å². The number of amides is 1. The molecular weight excluding hydrogens is 500 g/mol. The molecule has 2 aromatic heterocycles. The number of Topliss-reactive ketones (excluding diaryl/α,β-unsaturated/α-hetero) is 1. The van der Waals surface area contributed by atoms with Crippen LogP contribution in [0.15, 0.2) is 60.4 Å². The van der Waals surface area contributed by atoms with Crippen molar-refractivity contribution in [1.82, 2.24) is 15.0 Å². The van der Waals surface area contributed by atoms with Crippen molar-refractivity contribution in [3.05, 3.63) is 77.1 Å². The fraction of sp³-hybridized carbons (Fsp3) is 0.241. The molecule has 0 bridgehead atoms. The van der Waals surface area contributed by atoms with Crippen LogP contribution < -0.4 is 19.1 Å². The molecule has 1 aliphatic rings. The van der Waals surface area contributed by atoms with Crippen LogP contribution in [0.3, 0.4) is 0 Å². The second-order valence-corrected chi connectivity index (χ2v) is 9.39. The molecule has 0 saturated carbocycles. The van der Waals surface area contributed by atoms with Crippen LogP contribution in [0.4, 0.5) is 5.95 Å². The predicted molar refractivity (Wildman–Crippen MR) is 145 cm³/mol. The number of aromatic nitrogens is 3. The largest absolute Gasteiger partial charge is 0.507 e. The number of carbonyl (C=O) groups is 2. The van der Waals surface area contributed by atoms with Crippen molar-refractivity contribution < 1.29 is 28.9 Å². The summed E-state index contributed by atoms with van der Waals surface area (Å²) < 4.78 is 16.6. The number of aliphatic hydroxyl groups excluding tert-OH is 1. The molecule has 2 N–H and O–H groups in total. The summed E-state index contributed by atoms with van der Waals surface area (Å²) in [5.74, 6) is -0.230. The van der Waals surface area contributed by atoms with Gasteiger partial charge in [-0.25, -0.2) is 4.98 Å². The van der Waals surface area contributed by atoms with E-state index in [0.29, 0.717) is 39.4 Å². The van der Waals surface area contributed by atoms with E-state index < -0.39 is 17.7 Å². The van der Waals surface area contributed by atoms with Gasteiger partial charge in [-0.15, -0.1) is 0 Å². The average molecular weight is 529 g/mol. The minimum atomic E-state index is -0.977. The van der Waals surface area contributed by atoms with E-state index in [-0.39, 0.29) is 23.4 Å². The highest BCUT2D eigenvalue weighted by atomic mass is 16.5. The second kappa shape index (κ2) is 10.1. The number of carbonyl (C=O) groups excluding carboxylic acids is 2. The van der Waals surface area contributed by atoms with E-state index in [4.69, 9.17) is 14.2 Å². The highest BCUT2D eigenvalue weighted by Gasteiger charge is 2.48. The van der Waals surface area contributed by atoms with E-state index in [0.717, 1.165) is 5.56 Å². The highest BCUT2D eigenvalue weighted by Crippen LogP contribution is 2.42. The molecule has 1 saturated heterocycles.